The Bertz CT molecular complexity index is 1220. The Morgan fingerprint density at radius 2 is 1.72 bits per heavy atom. The number of para-hydroxylation sites is 1. The Morgan fingerprint density at radius 1 is 0.938 bits per heavy atom. The van der Waals surface area contributed by atoms with Crippen LogP contribution in [-0.4, -0.2) is 32.6 Å². The Morgan fingerprint density at radius 3 is 2.50 bits per heavy atom. The van der Waals surface area contributed by atoms with Gasteiger partial charge in [0.05, 0.1) is 29.1 Å². The van der Waals surface area contributed by atoms with E-state index in [1.807, 2.05) is 12.4 Å². The number of anilines is 2. The molecule has 0 unspecified atom stereocenters. The van der Waals surface area contributed by atoms with Crippen LogP contribution in [0.2, 0.25) is 0 Å². The number of nitrogens with one attached hydrogen (secondary N) is 2. The first-order valence-electron chi connectivity index (χ1n) is 10.6. The van der Waals surface area contributed by atoms with Crippen molar-refractivity contribution in [2.24, 2.45) is 0 Å². The van der Waals surface area contributed by atoms with E-state index in [2.05, 4.69) is 30.2 Å². The normalized spacial score (nSPS) is 14.4. The summed E-state index contributed by atoms with van der Waals surface area (Å²) < 4.78 is 29.8. The molecular formula is C24H22F2N6. The Hall–Kier alpha value is -3.65. The fraction of sp³-hybridized carbons (Fsp3) is 0.208. The third kappa shape index (κ3) is 4.09. The van der Waals surface area contributed by atoms with Gasteiger partial charge in [-0.2, -0.15) is 0 Å². The molecule has 0 saturated carbocycles. The summed E-state index contributed by atoms with van der Waals surface area (Å²) in [6.07, 6.45) is 5.41. The number of nitrogens with zero attached hydrogens (tertiary/aromatic N) is 4. The summed E-state index contributed by atoms with van der Waals surface area (Å²) in [6, 6.07) is 14.8. The summed E-state index contributed by atoms with van der Waals surface area (Å²) in [5, 5.41) is 6.34. The van der Waals surface area contributed by atoms with Gasteiger partial charge in [0, 0.05) is 17.8 Å². The van der Waals surface area contributed by atoms with Crippen molar-refractivity contribution in [1.82, 2.24) is 24.8 Å². The summed E-state index contributed by atoms with van der Waals surface area (Å²) in [5.41, 5.74) is 3.32. The second-order valence-corrected chi connectivity index (χ2v) is 7.71. The SMILES string of the molecule is Fc1ccc(-c2ncn(C3CCNCC3)c2-c2ccnc(Nc3ccccc3F)n2)cc1. The topological polar surface area (TPSA) is 67.7 Å². The van der Waals surface area contributed by atoms with Crippen molar-refractivity contribution in [2.75, 3.05) is 18.4 Å². The number of hydrogen-bond donors (Lipinski definition) is 2. The van der Waals surface area contributed by atoms with Crippen LogP contribution in [0.4, 0.5) is 20.4 Å². The average molecular weight is 432 g/mol. The molecule has 1 aliphatic heterocycles. The van der Waals surface area contributed by atoms with E-state index in [-0.39, 0.29) is 23.6 Å². The molecule has 2 aromatic carbocycles. The number of halogens is 2. The molecule has 0 amide bonds. The van der Waals surface area contributed by atoms with E-state index in [4.69, 9.17) is 0 Å². The van der Waals surface area contributed by atoms with Gasteiger partial charge in [0.1, 0.15) is 11.6 Å². The fourth-order valence-electron chi connectivity index (χ4n) is 4.03. The molecule has 1 saturated heterocycles. The van der Waals surface area contributed by atoms with Gasteiger partial charge in [0.15, 0.2) is 0 Å². The van der Waals surface area contributed by atoms with Gasteiger partial charge in [-0.1, -0.05) is 12.1 Å². The molecule has 2 N–H and O–H groups in total. The van der Waals surface area contributed by atoms with E-state index in [1.165, 1.54) is 18.2 Å². The molecule has 4 aromatic rings. The summed E-state index contributed by atoms with van der Waals surface area (Å²) in [7, 11) is 0. The number of rotatable bonds is 5. The van der Waals surface area contributed by atoms with Gasteiger partial charge >= 0.3 is 0 Å². The quantitative estimate of drug-likeness (QED) is 0.467. The molecule has 0 spiro atoms. The Labute approximate surface area is 184 Å². The van der Waals surface area contributed by atoms with Crippen LogP contribution < -0.4 is 10.6 Å². The van der Waals surface area contributed by atoms with Gasteiger partial charge in [0.25, 0.3) is 0 Å². The van der Waals surface area contributed by atoms with Crippen LogP contribution in [0, 0.1) is 11.6 Å². The highest BCUT2D eigenvalue weighted by molar-refractivity contribution is 5.77. The zero-order valence-corrected chi connectivity index (χ0v) is 17.3. The highest BCUT2D eigenvalue weighted by Gasteiger charge is 2.23. The number of aromatic nitrogens is 4. The summed E-state index contributed by atoms with van der Waals surface area (Å²) in [4.78, 5) is 13.6. The van der Waals surface area contributed by atoms with Crippen molar-refractivity contribution in [2.45, 2.75) is 18.9 Å². The second-order valence-electron chi connectivity index (χ2n) is 7.71. The average Bonchev–Trinajstić information content (AvgIpc) is 3.27. The van der Waals surface area contributed by atoms with Gasteiger partial charge in [-0.15, -0.1) is 0 Å². The molecule has 2 aromatic heterocycles. The van der Waals surface area contributed by atoms with Gasteiger partial charge in [0.2, 0.25) is 5.95 Å². The maximum atomic E-state index is 14.1. The molecule has 162 valence electrons. The predicted octanol–water partition coefficient (Wildman–Crippen LogP) is 4.95. The van der Waals surface area contributed by atoms with Gasteiger partial charge in [-0.25, -0.2) is 23.7 Å². The fourth-order valence-corrected chi connectivity index (χ4v) is 4.03. The van der Waals surface area contributed by atoms with E-state index < -0.39 is 0 Å². The Balaban J connectivity index is 1.58. The van der Waals surface area contributed by atoms with Crippen LogP contribution in [-0.2, 0) is 0 Å². The summed E-state index contributed by atoms with van der Waals surface area (Å²) in [5.74, 6) is -0.393. The third-order valence-electron chi connectivity index (χ3n) is 5.63. The number of benzene rings is 2. The maximum absolute atomic E-state index is 14.1. The van der Waals surface area contributed by atoms with E-state index in [9.17, 15) is 8.78 Å². The summed E-state index contributed by atoms with van der Waals surface area (Å²) >= 11 is 0. The highest BCUT2D eigenvalue weighted by atomic mass is 19.1. The van der Waals surface area contributed by atoms with Crippen molar-refractivity contribution < 1.29 is 8.78 Å². The van der Waals surface area contributed by atoms with E-state index in [0.717, 1.165) is 42.9 Å². The largest absolute Gasteiger partial charge is 0.326 e. The van der Waals surface area contributed by atoms with Crippen LogP contribution in [0.5, 0.6) is 0 Å². The molecule has 0 bridgehead atoms. The molecule has 32 heavy (non-hydrogen) atoms. The van der Waals surface area contributed by atoms with Crippen LogP contribution in [0.15, 0.2) is 67.1 Å². The van der Waals surface area contributed by atoms with E-state index in [1.54, 1.807) is 36.5 Å². The first kappa shape index (κ1) is 20.3. The molecule has 0 radical (unpaired) electrons. The lowest BCUT2D eigenvalue weighted by Crippen LogP contribution is -2.29. The lowest BCUT2D eigenvalue weighted by atomic mass is 10.0. The maximum Gasteiger partial charge on any atom is 0.227 e. The van der Waals surface area contributed by atoms with Crippen molar-refractivity contribution in [1.29, 1.82) is 0 Å². The molecule has 3 heterocycles. The molecule has 0 aliphatic carbocycles. The lowest BCUT2D eigenvalue weighted by Gasteiger charge is -2.25. The molecule has 6 nitrogen and oxygen atoms in total. The van der Waals surface area contributed by atoms with Crippen molar-refractivity contribution in [3.8, 4) is 22.6 Å². The first-order valence-corrected chi connectivity index (χ1v) is 10.6. The molecule has 5 rings (SSSR count). The monoisotopic (exact) mass is 432 g/mol. The predicted molar refractivity (Wildman–Crippen MR) is 119 cm³/mol. The zero-order valence-electron chi connectivity index (χ0n) is 17.3. The second kappa shape index (κ2) is 8.84. The van der Waals surface area contributed by atoms with Gasteiger partial charge in [-0.05, 0) is 68.4 Å². The lowest BCUT2D eigenvalue weighted by molar-refractivity contribution is 0.370. The number of piperidine rings is 1. The van der Waals surface area contributed by atoms with Gasteiger partial charge < -0.3 is 15.2 Å². The number of hydrogen-bond acceptors (Lipinski definition) is 5. The van der Waals surface area contributed by atoms with E-state index >= 15 is 0 Å². The van der Waals surface area contributed by atoms with Crippen LogP contribution >= 0.6 is 0 Å². The van der Waals surface area contributed by atoms with Crippen molar-refractivity contribution >= 4 is 11.6 Å². The highest BCUT2D eigenvalue weighted by Crippen LogP contribution is 2.35. The Kier molecular flexibility index (Phi) is 5.60. The van der Waals surface area contributed by atoms with Crippen LogP contribution in [0.3, 0.4) is 0 Å². The molecule has 0 atom stereocenters. The molecule has 8 heteroatoms. The summed E-state index contributed by atoms with van der Waals surface area (Å²) in [6.45, 7) is 1.86. The molecule has 1 fully saturated rings. The van der Waals surface area contributed by atoms with Crippen molar-refractivity contribution in [3.05, 3.63) is 78.8 Å². The minimum absolute atomic E-state index is 0.269. The number of imidazole rings is 1. The minimum Gasteiger partial charge on any atom is -0.326 e. The van der Waals surface area contributed by atoms with E-state index in [0.29, 0.717) is 11.4 Å². The first-order chi connectivity index (χ1) is 15.7. The van der Waals surface area contributed by atoms with Crippen LogP contribution in [0.25, 0.3) is 22.6 Å². The van der Waals surface area contributed by atoms with Crippen molar-refractivity contribution in [3.63, 3.8) is 0 Å². The molecular weight excluding hydrogens is 410 g/mol. The molecule has 1 aliphatic rings. The van der Waals surface area contributed by atoms with Gasteiger partial charge in [-0.3, -0.25) is 0 Å². The van der Waals surface area contributed by atoms with Crippen LogP contribution in [0.1, 0.15) is 18.9 Å². The minimum atomic E-state index is -0.381. The smallest absolute Gasteiger partial charge is 0.227 e. The third-order valence-corrected chi connectivity index (χ3v) is 5.63. The zero-order chi connectivity index (χ0) is 21.9. The standard InChI is InChI=1S/C24H22F2N6/c25-17-7-5-16(6-8-17)22-23(32(15-29-22)18-9-12-27-13-10-18)21-11-14-28-24(31-21)30-20-4-2-1-3-19(20)26/h1-8,11,14-15,18,27H,9-10,12-13H2,(H,28,30,31).